The summed E-state index contributed by atoms with van der Waals surface area (Å²) in [6.45, 7) is 10.3. The molecule has 1 amide bonds. The number of rotatable bonds is 3. The minimum absolute atomic E-state index is 0.0613. The first-order valence-corrected chi connectivity index (χ1v) is 9.58. The van der Waals surface area contributed by atoms with Crippen molar-refractivity contribution in [3.63, 3.8) is 0 Å². The summed E-state index contributed by atoms with van der Waals surface area (Å²) in [6.07, 6.45) is -0.689. The summed E-state index contributed by atoms with van der Waals surface area (Å²) in [6, 6.07) is 6.57. The highest BCUT2D eigenvalue weighted by Gasteiger charge is 2.37. The molecule has 0 aliphatic carbocycles. The van der Waals surface area contributed by atoms with Gasteiger partial charge in [-0.05, 0) is 38.5 Å². The zero-order chi connectivity index (χ0) is 19.6. The largest absolute Gasteiger partial charge is 0.444 e. The summed E-state index contributed by atoms with van der Waals surface area (Å²) in [7, 11) is 0. The van der Waals surface area contributed by atoms with Crippen LogP contribution in [0.3, 0.4) is 0 Å². The third kappa shape index (κ3) is 5.40. The normalized spacial score (nSPS) is 25.0. The Balaban J connectivity index is 1.49. The number of likely N-dealkylation sites (tertiary alicyclic amines) is 1. The molecule has 3 rings (SSSR count). The number of benzene rings is 1. The molecule has 150 valence electrons. The van der Waals surface area contributed by atoms with Crippen LogP contribution in [0.25, 0.3) is 0 Å². The number of nitrogens with zero attached hydrogens (tertiary/aromatic N) is 3. The van der Waals surface area contributed by atoms with Crippen molar-refractivity contribution in [3.05, 3.63) is 35.6 Å². The fourth-order valence-electron chi connectivity index (χ4n) is 3.75. The van der Waals surface area contributed by atoms with Crippen molar-refractivity contribution in [1.82, 2.24) is 14.7 Å². The average molecular weight is 379 g/mol. The van der Waals surface area contributed by atoms with Gasteiger partial charge in [-0.3, -0.25) is 9.80 Å². The van der Waals surface area contributed by atoms with Crippen molar-refractivity contribution < 1.29 is 19.0 Å². The second-order valence-corrected chi connectivity index (χ2v) is 8.46. The van der Waals surface area contributed by atoms with Gasteiger partial charge in [-0.1, -0.05) is 12.1 Å². The smallest absolute Gasteiger partial charge is 0.410 e. The molecule has 7 heteroatoms. The Kier molecular flexibility index (Phi) is 6.03. The molecule has 0 aromatic heterocycles. The van der Waals surface area contributed by atoms with Crippen LogP contribution in [0.2, 0.25) is 0 Å². The Morgan fingerprint density at radius 2 is 1.78 bits per heavy atom. The van der Waals surface area contributed by atoms with E-state index in [-0.39, 0.29) is 18.0 Å². The first-order chi connectivity index (χ1) is 12.7. The number of halogens is 1. The highest BCUT2D eigenvalue weighted by molar-refractivity contribution is 5.68. The van der Waals surface area contributed by atoms with E-state index in [1.807, 2.05) is 20.8 Å². The van der Waals surface area contributed by atoms with E-state index >= 15 is 0 Å². The third-order valence-electron chi connectivity index (χ3n) is 5.09. The second-order valence-electron chi connectivity index (χ2n) is 8.46. The summed E-state index contributed by atoms with van der Waals surface area (Å²) in [5, 5.41) is 10.5. The lowest BCUT2D eigenvalue weighted by Crippen LogP contribution is -2.55. The van der Waals surface area contributed by atoms with E-state index in [2.05, 4.69) is 9.80 Å². The number of carbonyl (C=O) groups is 1. The van der Waals surface area contributed by atoms with Crippen LogP contribution in [0.1, 0.15) is 26.3 Å². The lowest BCUT2D eigenvalue weighted by atomic mass is 10.1. The van der Waals surface area contributed by atoms with Gasteiger partial charge in [0.2, 0.25) is 0 Å². The molecule has 1 aromatic carbocycles. The molecule has 27 heavy (non-hydrogen) atoms. The van der Waals surface area contributed by atoms with Gasteiger partial charge in [0.25, 0.3) is 0 Å². The number of amides is 1. The van der Waals surface area contributed by atoms with E-state index in [1.54, 1.807) is 17.0 Å². The molecule has 2 heterocycles. The fourth-order valence-corrected chi connectivity index (χ4v) is 3.75. The molecule has 0 saturated carbocycles. The Hall–Kier alpha value is -1.70. The van der Waals surface area contributed by atoms with Gasteiger partial charge in [0.05, 0.1) is 6.10 Å². The van der Waals surface area contributed by atoms with Gasteiger partial charge in [0.1, 0.15) is 11.4 Å². The van der Waals surface area contributed by atoms with Crippen LogP contribution in [0.15, 0.2) is 24.3 Å². The maximum absolute atomic E-state index is 13.0. The lowest BCUT2D eigenvalue weighted by molar-refractivity contribution is 0.00326. The monoisotopic (exact) mass is 379 g/mol. The minimum atomic E-state index is -0.489. The number of β-amino-alcohol motifs (C(OH)–C–C–N with tert-alkyl or cyclic N) is 1. The van der Waals surface area contributed by atoms with E-state index in [4.69, 9.17) is 4.74 Å². The van der Waals surface area contributed by atoms with Crippen LogP contribution in [-0.2, 0) is 11.3 Å². The van der Waals surface area contributed by atoms with Gasteiger partial charge in [-0.15, -0.1) is 0 Å². The van der Waals surface area contributed by atoms with Gasteiger partial charge in [-0.25, -0.2) is 9.18 Å². The number of aliphatic hydroxyl groups excluding tert-OH is 1. The van der Waals surface area contributed by atoms with Crippen LogP contribution in [-0.4, -0.2) is 82.9 Å². The predicted molar refractivity (Wildman–Crippen MR) is 101 cm³/mol. The van der Waals surface area contributed by atoms with Crippen molar-refractivity contribution in [3.8, 4) is 0 Å². The molecule has 6 nitrogen and oxygen atoms in total. The average Bonchev–Trinajstić information content (AvgIpc) is 2.96. The molecule has 1 N–H and O–H groups in total. The molecular formula is C20H30FN3O3. The zero-order valence-corrected chi connectivity index (χ0v) is 16.4. The van der Waals surface area contributed by atoms with Crippen LogP contribution >= 0.6 is 0 Å². The fraction of sp³-hybridized carbons (Fsp3) is 0.650. The Bertz CT molecular complexity index is 639. The molecule has 2 saturated heterocycles. The molecule has 2 aliphatic heterocycles. The van der Waals surface area contributed by atoms with Crippen LogP contribution in [0, 0.1) is 5.82 Å². The summed E-state index contributed by atoms with van der Waals surface area (Å²) >= 11 is 0. The number of ether oxygens (including phenoxy) is 1. The first-order valence-electron chi connectivity index (χ1n) is 9.58. The topological polar surface area (TPSA) is 56.2 Å². The van der Waals surface area contributed by atoms with E-state index in [1.165, 1.54) is 12.1 Å². The molecule has 2 aliphatic rings. The molecule has 2 fully saturated rings. The van der Waals surface area contributed by atoms with Crippen molar-refractivity contribution in [2.75, 3.05) is 39.3 Å². The van der Waals surface area contributed by atoms with Gasteiger partial charge in [0.15, 0.2) is 0 Å². The van der Waals surface area contributed by atoms with Gasteiger partial charge in [0, 0.05) is 51.9 Å². The summed E-state index contributed by atoms with van der Waals surface area (Å²) in [5.74, 6) is -0.235. The Morgan fingerprint density at radius 3 is 2.37 bits per heavy atom. The summed E-state index contributed by atoms with van der Waals surface area (Å²) < 4.78 is 18.5. The number of hydrogen-bond donors (Lipinski definition) is 1. The Morgan fingerprint density at radius 1 is 1.15 bits per heavy atom. The minimum Gasteiger partial charge on any atom is -0.444 e. The number of aliphatic hydroxyl groups is 1. The second kappa shape index (κ2) is 8.12. The quantitative estimate of drug-likeness (QED) is 0.870. The molecule has 2 atom stereocenters. The van der Waals surface area contributed by atoms with E-state index in [9.17, 15) is 14.3 Å². The lowest BCUT2D eigenvalue weighted by Gasteiger charge is -2.39. The molecule has 0 radical (unpaired) electrons. The molecule has 2 unspecified atom stereocenters. The van der Waals surface area contributed by atoms with Gasteiger partial charge < -0.3 is 14.7 Å². The van der Waals surface area contributed by atoms with Gasteiger partial charge >= 0.3 is 6.09 Å². The SMILES string of the molecule is CC(C)(C)OC(=O)N1CCN(C2CN(Cc3ccc(F)cc3)CC2O)CC1. The maximum Gasteiger partial charge on any atom is 0.410 e. The third-order valence-corrected chi connectivity index (χ3v) is 5.09. The van der Waals surface area contributed by atoms with Crippen LogP contribution < -0.4 is 0 Å². The standard InChI is InChI=1S/C20H30FN3O3/c1-20(2,3)27-19(26)24-10-8-23(9-11-24)17-13-22(14-18(17)25)12-15-4-6-16(21)7-5-15/h4-7,17-18,25H,8-14H2,1-3H3. The molecular weight excluding hydrogens is 349 g/mol. The highest BCUT2D eigenvalue weighted by Crippen LogP contribution is 2.21. The van der Waals surface area contributed by atoms with Crippen LogP contribution in [0.5, 0.6) is 0 Å². The number of piperazine rings is 1. The predicted octanol–water partition coefficient (Wildman–Crippen LogP) is 1.92. The maximum atomic E-state index is 13.0. The Labute approximate surface area is 160 Å². The number of hydrogen-bond acceptors (Lipinski definition) is 5. The van der Waals surface area contributed by atoms with Crippen molar-refractivity contribution in [2.24, 2.45) is 0 Å². The van der Waals surface area contributed by atoms with Crippen LogP contribution in [0.4, 0.5) is 9.18 Å². The first kappa shape index (κ1) is 20.0. The summed E-state index contributed by atoms with van der Waals surface area (Å²) in [4.78, 5) is 18.4. The summed E-state index contributed by atoms with van der Waals surface area (Å²) in [5.41, 5.74) is 0.551. The van der Waals surface area contributed by atoms with Crippen molar-refractivity contribution in [1.29, 1.82) is 0 Å². The number of carbonyl (C=O) groups excluding carboxylic acids is 1. The van der Waals surface area contributed by atoms with E-state index in [0.29, 0.717) is 26.2 Å². The molecule has 0 spiro atoms. The van der Waals surface area contributed by atoms with Gasteiger partial charge in [-0.2, -0.15) is 0 Å². The highest BCUT2D eigenvalue weighted by atomic mass is 19.1. The van der Waals surface area contributed by atoms with E-state index < -0.39 is 11.7 Å². The molecule has 1 aromatic rings. The van der Waals surface area contributed by atoms with Crippen molar-refractivity contribution >= 4 is 6.09 Å². The molecule has 0 bridgehead atoms. The zero-order valence-electron chi connectivity index (χ0n) is 16.4. The van der Waals surface area contributed by atoms with E-state index in [0.717, 1.165) is 25.2 Å². The van der Waals surface area contributed by atoms with Crippen molar-refractivity contribution in [2.45, 2.75) is 45.1 Å².